The van der Waals surface area contributed by atoms with E-state index in [0.29, 0.717) is 23.4 Å². The number of carbonyl (C=O) groups is 2. The number of dihydropyridines is 1. The summed E-state index contributed by atoms with van der Waals surface area (Å²) in [5.41, 5.74) is 2.80. The van der Waals surface area contributed by atoms with Crippen LogP contribution in [0.1, 0.15) is 37.3 Å². The number of nitrogens with zero attached hydrogens (tertiary/aromatic N) is 1. The van der Waals surface area contributed by atoms with Crippen LogP contribution in [-0.2, 0) is 30.2 Å². The molecule has 1 aliphatic rings. The van der Waals surface area contributed by atoms with E-state index in [1.54, 1.807) is 19.9 Å². The molecule has 0 spiro atoms. The predicted octanol–water partition coefficient (Wildman–Crippen LogP) is 4.20. The lowest BCUT2D eigenvalue weighted by Gasteiger charge is -2.30. The maximum Gasteiger partial charge on any atom is 0.336 e. The van der Waals surface area contributed by atoms with Gasteiger partial charge in [-0.15, -0.1) is 0 Å². The van der Waals surface area contributed by atoms with Gasteiger partial charge in [0.2, 0.25) is 0 Å². The third kappa shape index (κ3) is 6.57. The van der Waals surface area contributed by atoms with Crippen LogP contribution < -0.4 is 5.32 Å². The lowest BCUT2D eigenvalue weighted by Crippen LogP contribution is -2.33. The molecule has 190 valence electrons. The fraction of sp³-hybridized carbons (Fsp3) is 0.333. The molecule has 0 saturated heterocycles. The predicted molar refractivity (Wildman–Crippen MR) is 133 cm³/mol. The minimum atomic E-state index is -0.900. The van der Waals surface area contributed by atoms with Crippen LogP contribution in [0.3, 0.4) is 0 Å². The molecule has 0 aliphatic carbocycles. The molecule has 0 amide bonds. The number of ether oxygens (including phenoxy) is 3. The third-order valence-electron chi connectivity index (χ3n) is 5.82. The number of nitrogens with one attached hydrogen (secondary N) is 1. The molecule has 0 radical (unpaired) electrons. The summed E-state index contributed by atoms with van der Waals surface area (Å²) in [7, 11) is 1.49. The van der Waals surface area contributed by atoms with Gasteiger partial charge in [0.05, 0.1) is 35.2 Å². The molecule has 9 heteroatoms. The van der Waals surface area contributed by atoms with E-state index in [1.807, 2.05) is 30.3 Å². The monoisotopic (exact) mass is 494 g/mol. The molecule has 0 saturated carbocycles. The Labute approximate surface area is 209 Å². The van der Waals surface area contributed by atoms with Crippen LogP contribution in [0.4, 0.5) is 5.69 Å². The Balaban J connectivity index is 1.89. The van der Waals surface area contributed by atoms with Gasteiger partial charge < -0.3 is 19.5 Å². The Morgan fingerprint density at radius 1 is 0.917 bits per heavy atom. The highest BCUT2D eigenvalue weighted by molar-refractivity contribution is 6.00. The highest BCUT2D eigenvalue weighted by Gasteiger charge is 2.38. The molecule has 0 bridgehead atoms. The number of nitro groups is 1. The Morgan fingerprint density at radius 3 is 2.17 bits per heavy atom. The van der Waals surface area contributed by atoms with Crippen LogP contribution in [0.15, 0.2) is 77.1 Å². The topological polar surface area (TPSA) is 117 Å². The first-order chi connectivity index (χ1) is 17.3. The van der Waals surface area contributed by atoms with Crippen molar-refractivity contribution < 1.29 is 28.7 Å². The first-order valence-electron chi connectivity index (χ1n) is 11.6. The van der Waals surface area contributed by atoms with Gasteiger partial charge in [-0.1, -0.05) is 42.5 Å². The zero-order chi connectivity index (χ0) is 26.1. The number of aryl methyl sites for hydroxylation is 1. The molecule has 36 heavy (non-hydrogen) atoms. The number of non-ortho nitro benzene ring substituents is 1. The number of allylic oxidation sites excluding steroid dienone is 2. The molecule has 9 nitrogen and oxygen atoms in total. The zero-order valence-electron chi connectivity index (χ0n) is 20.6. The van der Waals surface area contributed by atoms with Crippen molar-refractivity contribution >= 4 is 17.6 Å². The zero-order valence-corrected chi connectivity index (χ0v) is 20.6. The third-order valence-corrected chi connectivity index (χ3v) is 5.82. The number of esters is 2. The fourth-order valence-electron chi connectivity index (χ4n) is 4.15. The van der Waals surface area contributed by atoms with Gasteiger partial charge in [0.1, 0.15) is 6.61 Å². The number of rotatable bonds is 11. The van der Waals surface area contributed by atoms with Gasteiger partial charge in [0, 0.05) is 30.6 Å². The number of hydrogen-bond donors (Lipinski definition) is 1. The van der Waals surface area contributed by atoms with Crippen LogP contribution in [0, 0.1) is 10.1 Å². The summed E-state index contributed by atoms with van der Waals surface area (Å²) >= 11 is 0. The molecule has 2 aromatic carbocycles. The molecule has 3 rings (SSSR count). The van der Waals surface area contributed by atoms with Crippen molar-refractivity contribution in [1.29, 1.82) is 0 Å². The molecular formula is C27H30N2O7. The SMILES string of the molecule is COCCOC(=O)C1=C(C)NC(C)=C(C(=O)OCCCc2ccccc2)C1c1cccc([N+](=O)[O-])c1. The van der Waals surface area contributed by atoms with E-state index < -0.39 is 22.8 Å². The fourth-order valence-corrected chi connectivity index (χ4v) is 4.15. The largest absolute Gasteiger partial charge is 0.462 e. The molecular weight excluding hydrogens is 464 g/mol. The maximum atomic E-state index is 13.3. The quantitative estimate of drug-likeness (QED) is 0.214. The average Bonchev–Trinajstić information content (AvgIpc) is 2.86. The minimum Gasteiger partial charge on any atom is -0.462 e. The normalized spacial score (nSPS) is 15.4. The van der Waals surface area contributed by atoms with Crippen LogP contribution in [0.2, 0.25) is 0 Å². The Hall–Kier alpha value is -3.98. The number of carbonyl (C=O) groups excluding carboxylic acids is 2. The summed E-state index contributed by atoms with van der Waals surface area (Å²) in [4.78, 5) is 37.3. The molecule has 0 aromatic heterocycles. The molecule has 0 fully saturated rings. The summed E-state index contributed by atoms with van der Waals surface area (Å²) in [6.07, 6.45) is 1.37. The van der Waals surface area contributed by atoms with Crippen LogP contribution in [0.5, 0.6) is 0 Å². The maximum absolute atomic E-state index is 13.3. The Kier molecular flexibility index (Phi) is 9.35. The molecule has 1 unspecified atom stereocenters. The summed E-state index contributed by atoms with van der Waals surface area (Å²) in [5.74, 6) is -2.14. The lowest BCUT2D eigenvalue weighted by molar-refractivity contribution is -0.384. The average molecular weight is 495 g/mol. The highest BCUT2D eigenvalue weighted by Crippen LogP contribution is 2.40. The smallest absolute Gasteiger partial charge is 0.336 e. The van der Waals surface area contributed by atoms with Gasteiger partial charge in [-0.05, 0) is 37.8 Å². The molecule has 2 aromatic rings. The summed E-state index contributed by atoms with van der Waals surface area (Å²) < 4.78 is 15.9. The lowest BCUT2D eigenvalue weighted by atomic mass is 9.80. The van der Waals surface area contributed by atoms with Crippen molar-refractivity contribution in [1.82, 2.24) is 5.32 Å². The molecule has 1 aliphatic heterocycles. The van der Waals surface area contributed by atoms with Crippen LogP contribution in [-0.4, -0.2) is 43.8 Å². The van der Waals surface area contributed by atoms with Gasteiger partial charge in [0.25, 0.3) is 5.69 Å². The van der Waals surface area contributed by atoms with Crippen LogP contribution in [0.25, 0.3) is 0 Å². The van der Waals surface area contributed by atoms with Crippen molar-refractivity contribution in [3.05, 3.63) is 98.4 Å². The first-order valence-corrected chi connectivity index (χ1v) is 11.6. The number of hydrogen-bond acceptors (Lipinski definition) is 8. The van der Waals surface area contributed by atoms with Crippen molar-refractivity contribution in [3.8, 4) is 0 Å². The van der Waals surface area contributed by atoms with E-state index in [0.717, 1.165) is 12.0 Å². The summed E-state index contributed by atoms with van der Waals surface area (Å²) in [5, 5.41) is 14.5. The first kappa shape index (κ1) is 26.6. The summed E-state index contributed by atoms with van der Waals surface area (Å²) in [6, 6.07) is 15.8. The van der Waals surface area contributed by atoms with Crippen molar-refractivity contribution in [2.75, 3.05) is 26.9 Å². The molecule has 1 atom stereocenters. The molecule has 1 N–H and O–H groups in total. The van der Waals surface area contributed by atoms with E-state index in [4.69, 9.17) is 14.2 Å². The second-order valence-corrected chi connectivity index (χ2v) is 8.34. The Bertz CT molecular complexity index is 1170. The van der Waals surface area contributed by atoms with Gasteiger partial charge >= 0.3 is 11.9 Å². The van der Waals surface area contributed by atoms with E-state index in [-0.39, 0.29) is 36.7 Å². The minimum absolute atomic E-state index is 0.0235. The van der Waals surface area contributed by atoms with Crippen LogP contribution >= 0.6 is 0 Å². The van der Waals surface area contributed by atoms with E-state index in [9.17, 15) is 19.7 Å². The van der Waals surface area contributed by atoms with Crippen molar-refractivity contribution in [2.45, 2.75) is 32.6 Å². The second kappa shape index (κ2) is 12.6. The highest BCUT2D eigenvalue weighted by atomic mass is 16.6. The molecule has 1 heterocycles. The standard InChI is InChI=1S/C27H30N2O7/c1-18-23(26(30)35-14-8-11-20-9-5-4-6-10-20)25(21-12-7-13-22(17-21)29(32)33)24(19(2)28-18)27(31)36-16-15-34-3/h4-7,9-10,12-13,17,25,28H,8,11,14-16H2,1-3H3. The Morgan fingerprint density at radius 2 is 1.56 bits per heavy atom. The van der Waals surface area contributed by atoms with Gasteiger partial charge in [-0.2, -0.15) is 0 Å². The number of methoxy groups -OCH3 is 1. The number of benzene rings is 2. The summed E-state index contributed by atoms with van der Waals surface area (Å²) in [6.45, 7) is 3.82. The van der Waals surface area contributed by atoms with Gasteiger partial charge in [-0.25, -0.2) is 9.59 Å². The van der Waals surface area contributed by atoms with Crippen molar-refractivity contribution in [2.24, 2.45) is 0 Å². The van der Waals surface area contributed by atoms with E-state index >= 15 is 0 Å². The van der Waals surface area contributed by atoms with E-state index in [2.05, 4.69) is 5.32 Å². The number of nitro benzene ring substituents is 1. The van der Waals surface area contributed by atoms with Gasteiger partial charge in [-0.3, -0.25) is 10.1 Å². The van der Waals surface area contributed by atoms with Gasteiger partial charge in [0.15, 0.2) is 0 Å². The second-order valence-electron chi connectivity index (χ2n) is 8.34. The van der Waals surface area contributed by atoms with E-state index in [1.165, 1.54) is 25.3 Å². The van der Waals surface area contributed by atoms with Crippen molar-refractivity contribution in [3.63, 3.8) is 0 Å².